The number of furan rings is 1. The predicted octanol–water partition coefficient (Wildman–Crippen LogP) is 0.788. The van der Waals surface area contributed by atoms with E-state index in [-0.39, 0.29) is 6.04 Å². The molecule has 1 rings (SSSR count). The molecule has 0 bridgehead atoms. The van der Waals surface area contributed by atoms with Crippen molar-refractivity contribution in [1.29, 1.82) is 0 Å². The van der Waals surface area contributed by atoms with Crippen LogP contribution < -0.4 is 10.6 Å². The molecule has 0 aliphatic carbocycles. The lowest BCUT2D eigenvalue weighted by Crippen LogP contribution is -2.40. The first-order valence-corrected chi connectivity index (χ1v) is 8.43. The molecule has 0 spiro atoms. The van der Waals surface area contributed by atoms with Crippen LogP contribution in [0, 0.1) is 6.92 Å². The summed E-state index contributed by atoms with van der Waals surface area (Å²) in [6, 6.07) is 3.83. The van der Waals surface area contributed by atoms with Crippen molar-refractivity contribution in [2.45, 2.75) is 32.1 Å². The van der Waals surface area contributed by atoms with Gasteiger partial charge in [0.1, 0.15) is 16.8 Å². The molecular weight excluding hydrogens is 280 g/mol. The Balaban J connectivity index is 2.30. The minimum absolute atomic E-state index is 0.0351. The van der Waals surface area contributed by atoms with Crippen LogP contribution in [0.3, 0.4) is 0 Å². The molecule has 1 amide bonds. The lowest BCUT2D eigenvalue weighted by molar-refractivity contribution is -0.120. The monoisotopic (exact) mass is 302 g/mol. The van der Waals surface area contributed by atoms with E-state index in [0.29, 0.717) is 13.1 Å². The third-order valence-electron chi connectivity index (χ3n) is 3.07. The second-order valence-corrected chi connectivity index (χ2v) is 7.25. The molecule has 0 aliphatic heterocycles. The summed E-state index contributed by atoms with van der Waals surface area (Å²) in [5.41, 5.74) is 0. The summed E-state index contributed by atoms with van der Waals surface area (Å²) < 4.78 is 27.9. The standard InChI is InChI=1S/C13H22N2O4S/c1-9-5-6-12(19-9)10(2)14-7-8-15-13(16)11(3)20(4,17)18/h5-6,10-11,14H,7-8H2,1-4H3,(H,15,16)/t10-,11-/m0/s1. The van der Waals surface area contributed by atoms with Crippen LogP contribution in [0.5, 0.6) is 0 Å². The van der Waals surface area contributed by atoms with Crippen molar-refractivity contribution in [3.8, 4) is 0 Å². The van der Waals surface area contributed by atoms with Gasteiger partial charge in [-0.2, -0.15) is 0 Å². The highest BCUT2D eigenvalue weighted by atomic mass is 32.2. The Labute approximate surface area is 119 Å². The fraction of sp³-hybridized carbons (Fsp3) is 0.615. The van der Waals surface area contributed by atoms with Crippen molar-refractivity contribution in [3.63, 3.8) is 0 Å². The van der Waals surface area contributed by atoms with Crippen LogP contribution in [-0.2, 0) is 14.6 Å². The summed E-state index contributed by atoms with van der Waals surface area (Å²) in [4.78, 5) is 11.6. The summed E-state index contributed by atoms with van der Waals surface area (Å²) in [6.07, 6.45) is 1.05. The first kappa shape index (κ1) is 16.7. The Hall–Kier alpha value is -1.34. The van der Waals surface area contributed by atoms with E-state index in [1.165, 1.54) is 6.92 Å². The number of hydrogen-bond acceptors (Lipinski definition) is 5. The lowest BCUT2D eigenvalue weighted by Gasteiger charge is -2.13. The maximum Gasteiger partial charge on any atom is 0.238 e. The molecule has 0 unspecified atom stereocenters. The number of nitrogens with one attached hydrogen (secondary N) is 2. The maximum atomic E-state index is 11.6. The fourth-order valence-electron chi connectivity index (χ4n) is 1.60. The van der Waals surface area contributed by atoms with E-state index in [4.69, 9.17) is 4.42 Å². The van der Waals surface area contributed by atoms with Crippen molar-refractivity contribution >= 4 is 15.7 Å². The average Bonchev–Trinajstić information content (AvgIpc) is 2.78. The molecule has 0 saturated heterocycles. The Morgan fingerprint density at radius 1 is 1.30 bits per heavy atom. The second-order valence-electron chi connectivity index (χ2n) is 4.89. The van der Waals surface area contributed by atoms with Crippen LogP contribution in [0.2, 0.25) is 0 Å². The molecule has 0 saturated carbocycles. The SMILES string of the molecule is Cc1ccc([C@H](C)NCCNC(=O)[C@H](C)S(C)(=O)=O)o1. The minimum Gasteiger partial charge on any atom is -0.465 e. The van der Waals surface area contributed by atoms with E-state index >= 15 is 0 Å². The fourth-order valence-corrected chi connectivity index (χ4v) is 2.07. The number of carbonyl (C=O) groups is 1. The summed E-state index contributed by atoms with van der Waals surface area (Å²) in [5.74, 6) is 1.21. The van der Waals surface area contributed by atoms with Crippen LogP contribution in [-0.4, -0.2) is 38.9 Å². The number of carbonyl (C=O) groups excluding carboxylic acids is 1. The molecule has 114 valence electrons. The first-order chi connectivity index (χ1) is 9.21. The van der Waals surface area contributed by atoms with Crippen molar-refractivity contribution in [2.24, 2.45) is 0 Å². The van der Waals surface area contributed by atoms with Gasteiger partial charge in [0, 0.05) is 19.3 Å². The van der Waals surface area contributed by atoms with E-state index < -0.39 is 21.0 Å². The van der Waals surface area contributed by atoms with Gasteiger partial charge < -0.3 is 15.1 Å². The molecular formula is C13H22N2O4S. The molecule has 1 aromatic rings. The molecule has 0 fully saturated rings. The Morgan fingerprint density at radius 3 is 2.45 bits per heavy atom. The van der Waals surface area contributed by atoms with Gasteiger partial charge in [-0.3, -0.25) is 4.79 Å². The molecule has 1 aromatic heterocycles. The molecule has 2 atom stereocenters. The zero-order chi connectivity index (χ0) is 15.3. The van der Waals surface area contributed by atoms with Gasteiger partial charge in [0.05, 0.1) is 6.04 Å². The molecule has 0 radical (unpaired) electrons. The highest BCUT2D eigenvalue weighted by molar-refractivity contribution is 7.92. The molecule has 1 heterocycles. The lowest BCUT2D eigenvalue weighted by atomic mass is 10.2. The third kappa shape index (κ3) is 4.97. The van der Waals surface area contributed by atoms with Crippen molar-refractivity contribution < 1.29 is 17.6 Å². The van der Waals surface area contributed by atoms with E-state index in [0.717, 1.165) is 17.8 Å². The minimum atomic E-state index is -3.34. The molecule has 0 aliphatic rings. The van der Waals surface area contributed by atoms with Gasteiger partial charge in [0.15, 0.2) is 9.84 Å². The maximum absolute atomic E-state index is 11.6. The Morgan fingerprint density at radius 2 is 1.95 bits per heavy atom. The Bertz CT molecular complexity index is 550. The van der Waals surface area contributed by atoms with Gasteiger partial charge in [-0.05, 0) is 32.9 Å². The average molecular weight is 302 g/mol. The highest BCUT2D eigenvalue weighted by Gasteiger charge is 2.22. The first-order valence-electron chi connectivity index (χ1n) is 6.48. The summed E-state index contributed by atoms with van der Waals surface area (Å²) in [7, 11) is -3.34. The topological polar surface area (TPSA) is 88.4 Å². The quantitative estimate of drug-likeness (QED) is 0.727. The smallest absolute Gasteiger partial charge is 0.238 e. The normalized spacial score (nSPS) is 14.8. The molecule has 0 aromatic carbocycles. The number of rotatable bonds is 7. The van der Waals surface area contributed by atoms with Crippen molar-refractivity contribution in [1.82, 2.24) is 10.6 Å². The van der Waals surface area contributed by atoms with E-state index in [1.54, 1.807) is 0 Å². The van der Waals surface area contributed by atoms with Gasteiger partial charge in [0.2, 0.25) is 5.91 Å². The summed E-state index contributed by atoms with van der Waals surface area (Å²) in [5, 5.41) is 4.76. The number of amides is 1. The zero-order valence-corrected chi connectivity index (χ0v) is 13.1. The van der Waals surface area contributed by atoms with Gasteiger partial charge in [-0.1, -0.05) is 0 Å². The molecule has 20 heavy (non-hydrogen) atoms. The van der Waals surface area contributed by atoms with Crippen LogP contribution >= 0.6 is 0 Å². The largest absolute Gasteiger partial charge is 0.465 e. The predicted molar refractivity (Wildman–Crippen MR) is 77.2 cm³/mol. The van der Waals surface area contributed by atoms with E-state index in [2.05, 4.69) is 10.6 Å². The number of aryl methyl sites for hydroxylation is 1. The van der Waals surface area contributed by atoms with Crippen molar-refractivity contribution in [2.75, 3.05) is 19.3 Å². The second kappa shape index (κ2) is 6.90. The number of hydrogen-bond donors (Lipinski definition) is 2. The van der Waals surface area contributed by atoms with Crippen LogP contribution in [0.1, 0.15) is 31.4 Å². The summed E-state index contributed by atoms with van der Waals surface area (Å²) in [6.45, 7) is 6.11. The van der Waals surface area contributed by atoms with Crippen LogP contribution in [0.25, 0.3) is 0 Å². The van der Waals surface area contributed by atoms with E-state index in [9.17, 15) is 13.2 Å². The molecule has 2 N–H and O–H groups in total. The highest BCUT2D eigenvalue weighted by Crippen LogP contribution is 2.14. The Kier molecular flexibility index (Phi) is 5.76. The number of sulfone groups is 1. The summed E-state index contributed by atoms with van der Waals surface area (Å²) >= 11 is 0. The van der Waals surface area contributed by atoms with Gasteiger partial charge in [-0.15, -0.1) is 0 Å². The van der Waals surface area contributed by atoms with Gasteiger partial charge in [-0.25, -0.2) is 8.42 Å². The van der Waals surface area contributed by atoms with Gasteiger partial charge in [0.25, 0.3) is 0 Å². The van der Waals surface area contributed by atoms with Gasteiger partial charge >= 0.3 is 0 Å². The molecule has 6 nitrogen and oxygen atoms in total. The van der Waals surface area contributed by atoms with Crippen LogP contribution in [0.15, 0.2) is 16.5 Å². The zero-order valence-electron chi connectivity index (χ0n) is 12.3. The molecule has 7 heteroatoms. The van der Waals surface area contributed by atoms with E-state index in [1.807, 2.05) is 26.0 Å². The van der Waals surface area contributed by atoms with Crippen molar-refractivity contribution in [3.05, 3.63) is 23.7 Å². The van der Waals surface area contributed by atoms with Crippen LogP contribution in [0.4, 0.5) is 0 Å². The third-order valence-corrected chi connectivity index (χ3v) is 4.57.